The number of fused-ring (bicyclic) bond motifs is 1. The summed E-state index contributed by atoms with van der Waals surface area (Å²) in [5, 5.41) is 20.7. The molecule has 0 radical (unpaired) electrons. The highest BCUT2D eigenvalue weighted by atomic mass is 16.5. The van der Waals surface area contributed by atoms with E-state index in [1.807, 2.05) is 13.8 Å². The van der Waals surface area contributed by atoms with E-state index in [0.717, 1.165) is 56.5 Å². The molecule has 190 valence electrons. The summed E-state index contributed by atoms with van der Waals surface area (Å²) in [4.78, 5) is 0. The molecule has 7 atom stereocenters. The van der Waals surface area contributed by atoms with Gasteiger partial charge in [-0.05, 0) is 107 Å². The molecule has 3 rings (SSSR count). The topological polar surface area (TPSA) is 49.7 Å². The summed E-state index contributed by atoms with van der Waals surface area (Å²) in [7, 11) is 1.77. The van der Waals surface area contributed by atoms with Crippen LogP contribution in [0.2, 0.25) is 0 Å². The van der Waals surface area contributed by atoms with Crippen molar-refractivity contribution >= 4 is 0 Å². The molecule has 33 heavy (non-hydrogen) atoms. The van der Waals surface area contributed by atoms with Crippen LogP contribution in [0.3, 0.4) is 0 Å². The van der Waals surface area contributed by atoms with Crippen LogP contribution in [-0.4, -0.2) is 35.6 Å². The third-order valence-corrected chi connectivity index (χ3v) is 9.74. The first-order valence-corrected chi connectivity index (χ1v) is 13.8. The molecular weight excluding hydrogens is 408 g/mol. The Morgan fingerprint density at radius 1 is 1.21 bits per heavy atom. The van der Waals surface area contributed by atoms with Crippen molar-refractivity contribution in [2.45, 2.75) is 117 Å². The first-order chi connectivity index (χ1) is 15.5. The van der Waals surface area contributed by atoms with E-state index in [9.17, 15) is 10.2 Å². The first-order valence-electron chi connectivity index (χ1n) is 13.8. The van der Waals surface area contributed by atoms with Crippen LogP contribution < -0.4 is 0 Å². The molecule has 4 unspecified atom stereocenters. The van der Waals surface area contributed by atoms with E-state index < -0.39 is 5.60 Å². The van der Waals surface area contributed by atoms with Crippen molar-refractivity contribution < 1.29 is 14.9 Å². The fraction of sp³-hybridized carbons (Fsp3) is 0.867. The second-order valence-electron chi connectivity index (χ2n) is 12.7. The molecule has 3 heteroatoms. The molecule has 3 saturated carbocycles. The van der Waals surface area contributed by atoms with Crippen LogP contribution in [0.15, 0.2) is 23.3 Å². The standard InChI is InChI=1S/C30H52O3/c1-21(9-7-16-29(3,4)32)26-13-14-27-24(10-8-17-30(26,27)5)12-11-23-19-25(15-18-33-6)22(2)28(31)20-23/h11-12,21-22,25-28,31-32H,7-10,13-20H2,1-6H3/b23-11-,24-12+/t21-,22-,25?,26?,27?,28+,30?/m0/s1. The van der Waals surface area contributed by atoms with Gasteiger partial charge in [-0.1, -0.05) is 56.9 Å². The van der Waals surface area contributed by atoms with Gasteiger partial charge in [0.1, 0.15) is 0 Å². The zero-order valence-corrected chi connectivity index (χ0v) is 22.4. The number of methoxy groups -OCH3 is 1. The number of allylic oxidation sites excluding steroid dienone is 3. The number of hydrogen-bond acceptors (Lipinski definition) is 3. The molecule has 0 saturated heterocycles. The Bertz CT molecular complexity index is 687. The van der Waals surface area contributed by atoms with Crippen LogP contribution in [0, 0.1) is 35.0 Å². The van der Waals surface area contributed by atoms with E-state index in [1.54, 1.807) is 12.7 Å². The van der Waals surface area contributed by atoms with Gasteiger partial charge in [0, 0.05) is 13.7 Å². The maximum absolute atomic E-state index is 10.6. The normalized spacial score (nSPS) is 38.6. The monoisotopic (exact) mass is 460 g/mol. The second kappa shape index (κ2) is 11.4. The van der Waals surface area contributed by atoms with E-state index in [4.69, 9.17) is 4.74 Å². The maximum atomic E-state index is 10.6. The molecule has 0 aromatic rings. The Labute approximate surface area is 204 Å². The Morgan fingerprint density at radius 2 is 1.97 bits per heavy atom. The van der Waals surface area contributed by atoms with Crippen molar-refractivity contribution in [3.05, 3.63) is 23.3 Å². The van der Waals surface area contributed by atoms with E-state index in [1.165, 1.54) is 44.1 Å². The lowest BCUT2D eigenvalue weighted by atomic mass is 9.60. The summed E-state index contributed by atoms with van der Waals surface area (Å²) >= 11 is 0. The lowest BCUT2D eigenvalue weighted by Gasteiger charge is -2.44. The van der Waals surface area contributed by atoms with E-state index in [0.29, 0.717) is 17.3 Å². The maximum Gasteiger partial charge on any atom is 0.0605 e. The van der Waals surface area contributed by atoms with Crippen molar-refractivity contribution in [1.82, 2.24) is 0 Å². The van der Waals surface area contributed by atoms with Gasteiger partial charge in [-0.2, -0.15) is 0 Å². The van der Waals surface area contributed by atoms with E-state index in [2.05, 4.69) is 32.9 Å². The van der Waals surface area contributed by atoms with Gasteiger partial charge >= 0.3 is 0 Å². The molecule has 0 amide bonds. The van der Waals surface area contributed by atoms with Gasteiger partial charge < -0.3 is 14.9 Å². The zero-order valence-electron chi connectivity index (χ0n) is 22.4. The molecular formula is C30H52O3. The average Bonchev–Trinajstić information content (AvgIpc) is 3.10. The number of aliphatic hydroxyl groups is 2. The van der Waals surface area contributed by atoms with E-state index in [-0.39, 0.29) is 6.10 Å². The van der Waals surface area contributed by atoms with Gasteiger partial charge in [-0.3, -0.25) is 0 Å². The molecule has 0 aromatic carbocycles. The van der Waals surface area contributed by atoms with Gasteiger partial charge in [0.25, 0.3) is 0 Å². The minimum atomic E-state index is -0.539. The minimum absolute atomic E-state index is 0.220. The van der Waals surface area contributed by atoms with Crippen LogP contribution in [0.5, 0.6) is 0 Å². The van der Waals surface area contributed by atoms with Crippen LogP contribution in [0.4, 0.5) is 0 Å². The number of hydrogen-bond donors (Lipinski definition) is 2. The van der Waals surface area contributed by atoms with Gasteiger partial charge in [0.2, 0.25) is 0 Å². The van der Waals surface area contributed by atoms with Crippen LogP contribution in [0.25, 0.3) is 0 Å². The van der Waals surface area contributed by atoms with Crippen LogP contribution >= 0.6 is 0 Å². The third kappa shape index (κ3) is 6.73. The summed E-state index contributed by atoms with van der Waals surface area (Å²) in [6, 6.07) is 0. The fourth-order valence-electron chi connectivity index (χ4n) is 7.64. The van der Waals surface area contributed by atoms with Gasteiger partial charge in [-0.25, -0.2) is 0 Å². The minimum Gasteiger partial charge on any atom is -0.393 e. The highest BCUT2D eigenvalue weighted by Crippen LogP contribution is 2.60. The molecule has 0 heterocycles. The smallest absolute Gasteiger partial charge is 0.0605 e. The Hall–Kier alpha value is -0.640. The Morgan fingerprint density at radius 3 is 2.67 bits per heavy atom. The third-order valence-electron chi connectivity index (χ3n) is 9.74. The molecule has 0 aliphatic heterocycles. The van der Waals surface area contributed by atoms with Crippen molar-refractivity contribution in [3.8, 4) is 0 Å². The summed E-state index contributed by atoms with van der Waals surface area (Å²) in [6.07, 6.45) is 17.5. The predicted molar refractivity (Wildman–Crippen MR) is 138 cm³/mol. The lowest BCUT2D eigenvalue weighted by molar-refractivity contribution is 0.0492. The van der Waals surface area contributed by atoms with Gasteiger partial charge in [-0.15, -0.1) is 0 Å². The molecule has 3 fully saturated rings. The highest BCUT2D eigenvalue weighted by Gasteiger charge is 2.50. The van der Waals surface area contributed by atoms with Crippen molar-refractivity contribution in [2.75, 3.05) is 13.7 Å². The molecule has 3 aliphatic carbocycles. The average molecular weight is 461 g/mol. The molecule has 0 bridgehead atoms. The number of ether oxygens (including phenoxy) is 1. The molecule has 0 spiro atoms. The molecule has 2 N–H and O–H groups in total. The van der Waals surface area contributed by atoms with Crippen LogP contribution in [-0.2, 0) is 4.74 Å². The molecule has 0 aromatic heterocycles. The van der Waals surface area contributed by atoms with E-state index >= 15 is 0 Å². The summed E-state index contributed by atoms with van der Waals surface area (Å²) in [5.74, 6) is 3.14. The predicted octanol–water partition coefficient (Wildman–Crippen LogP) is 7.08. The van der Waals surface area contributed by atoms with Crippen molar-refractivity contribution in [1.29, 1.82) is 0 Å². The quantitative estimate of drug-likeness (QED) is 0.386. The zero-order chi connectivity index (χ0) is 24.2. The highest BCUT2D eigenvalue weighted by molar-refractivity contribution is 5.26. The van der Waals surface area contributed by atoms with Gasteiger partial charge in [0.15, 0.2) is 0 Å². The molecule has 3 aliphatic rings. The van der Waals surface area contributed by atoms with Gasteiger partial charge in [0.05, 0.1) is 11.7 Å². The Balaban J connectivity index is 1.67. The van der Waals surface area contributed by atoms with Crippen molar-refractivity contribution in [3.63, 3.8) is 0 Å². The van der Waals surface area contributed by atoms with Crippen molar-refractivity contribution in [2.24, 2.45) is 35.0 Å². The summed E-state index contributed by atoms with van der Waals surface area (Å²) in [5.41, 5.74) is 2.99. The summed E-state index contributed by atoms with van der Waals surface area (Å²) < 4.78 is 5.32. The number of rotatable bonds is 9. The number of aliphatic hydroxyl groups excluding tert-OH is 1. The Kier molecular flexibility index (Phi) is 9.31. The lowest BCUT2D eigenvalue weighted by Crippen LogP contribution is -2.36. The largest absolute Gasteiger partial charge is 0.393 e. The molecule has 3 nitrogen and oxygen atoms in total. The second-order valence-corrected chi connectivity index (χ2v) is 12.7. The fourth-order valence-corrected chi connectivity index (χ4v) is 7.64. The SMILES string of the molecule is COCCC1C/C(=C/C=C2\CCCC3(C)C2CCC3[C@@H](C)CCCC(C)(C)O)C[C@@H](O)[C@H]1C. The summed E-state index contributed by atoms with van der Waals surface area (Å²) in [6.45, 7) is 11.9. The first kappa shape index (κ1) is 27.0. The van der Waals surface area contributed by atoms with Crippen LogP contribution in [0.1, 0.15) is 105 Å².